The number of carbonyl (C=O) groups excluding carboxylic acids is 3. The Morgan fingerprint density at radius 1 is 1.17 bits per heavy atom. The Morgan fingerprint density at radius 3 is 2.39 bits per heavy atom. The third kappa shape index (κ3) is 4.16. The fourth-order valence-electron chi connectivity index (χ4n) is 2.27. The van der Waals surface area contributed by atoms with Gasteiger partial charge in [-0.2, -0.15) is 0 Å². The zero-order valence-electron chi connectivity index (χ0n) is 13.4. The quantitative estimate of drug-likeness (QED) is 0.466. The van der Waals surface area contributed by atoms with Crippen LogP contribution in [-0.4, -0.2) is 42.5 Å². The van der Waals surface area contributed by atoms with E-state index in [-0.39, 0.29) is 18.3 Å². The van der Waals surface area contributed by atoms with Gasteiger partial charge in [-0.3, -0.25) is 9.59 Å². The number of hydrogen-bond acceptors (Lipinski definition) is 5. The molecule has 124 valence electrons. The lowest BCUT2D eigenvalue weighted by molar-refractivity contribution is -0.144. The molecule has 1 aromatic carbocycles. The average molecular weight is 319 g/mol. The van der Waals surface area contributed by atoms with Gasteiger partial charge in [0.15, 0.2) is 18.0 Å². The molecule has 0 bridgehead atoms. The van der Waals surface area contributed by atoms with Crippen molar-refractivity contribution in [2.75, 3.05) is 6.61 Å². The molecular weight excluding hydrogens is 298 g/mol. The van der Waals surface area contributed by atoms with Crippen molar-refractivity contribution in [3.05, 3.63) is 35.9 Å². The maximum absolute atomic E-state index is 12.5. The number of ketones is 1. The number of epoxide rings is 1. The zero-order chi connectivity index (χ0) is 17.0. The summed E-state index contributed by atoms with van der Waals surface area (Å²) in [6.45, 7) is 5.61. The molecule has 0 unspecified atom stereocenters. The van der Waals surface area contributed by atoms with Gasteiger partial charge in [-0.05, 0) is 12.8 Å². The standard InChI is InChI=1S/C17H21NO5/c1-4-22-17(21)15-14(23-15)16(20)18-12(10(2)3)13(19)11-8-6-5-7-9-11/h5-10,12,14-15H,4H2,1-3H3,(H,18,20)/t12-,14-,15-/m0/s1. The van der Waals surface area contributed by atoms with Gasteiger partial charge in [-0.15, -0.1) is 0 Å². The second kappa shape index (κ2) is 7.37. The van der Waals surface area contributed by atoms with E-state index in [0.29, 0.717) is 5.56 Å². The van der Waals surface area contributed by atoms with Gasteiger partial charge in [-0.1, -0.05) is 44.2 Å². The molecule has 6 nitrogen and oxygen atoms in total. The third-order valence-corrected chi connectivity index (χ3v) is 3.57. The summed E-state index contributed by atoms with van der Waals surface area (Å²) < 4.78 is 9.87. The van der Waals surface area contributed by atoms with Crippen LogP contribution in [0.25, 0.3) is 0 Å². The second-order valence-corrected chi connectivity index (χ2v) is 5.69. The van der Waals surface area contributed by atoms with Crippen LogP contribution in [0, 0.1) is 5.92 Å². The van der Waals surface area contributed by atoms with E-state index in [1.54, 1.807) is 31.2 Å². The highest BCUT2D eigenvalue weighted by Crippen LogP contribution is 2.24. The van der Waals surface area contributed by atoms with E-state index >= 15 is 0 Å². The first-order valence-corrected chi connectivity index (χ1v) is 7.67. The van der Waals surface area contributed by atoms with Gasteiger partial charge in [0.1, 0.15) is 0 Å². The largest absolute Gasteiger partial charge is 0.464 e. The normalized spacial score (nSPS) is 20.7. The summed E-state index contributed by atoms with van der Waals surface area (Å²) in [7, 11) is 0. The van der Waals surface area contributed by atoms with Crippen LogP contribution in [0.4, 0.5) is 0 Å². The van der Waals surface area contributed by atoms with E-state index in [1.165, 1.54) is 0 Å². The molecule has 0 aliphatic carbocycles. The van der Waals surface area contributed by atoms with Gasteiger partial charge >= 0.3 is 5.97 Å². The maximum atomic E-state index is 12.5. The Kier molecular flexibility index (Phi) is 5.50. The van der Waals surface area contributed by atoms with E-state index in [1.807, 2.05) is 19.9 Å². The Labute approximate surface area is 135 Å². The Balaban J connectivity index is 1.99. The monoisotopic (exact) mass is 319 g/mol. The first kappa shape index (κ1) is 17.1. The Bertz CT molecular complexity index is 584. The Morgan fingerprint density at radius 2 is 1.83 bits per heavy atom. The molecular formula is C17H21NO5. The lowest BCUT2D eigenvalue weighted by atomic mass is 9.95. The third-order valence-electron chi connectivity index (χ3n) is 3.57. The number of esters is 1. The lowest BCUT2D eigenvalue weighted by Crippen LogP contribution is -2.46. The number of carbonyl (C=O) groups is 3. The van der Waals surface area contributed by atoms with Crippen LogP contribution >= 0.6 is 0 Å². The van der Waals surface area contributed by atoms with E-state index in [2.05, 4.69) is 5.32 Å². The zero-order valence-corrected chi connectivity index (χ0v) is 13.4. The summed E-state index contributed by atoms with van der Waals surface area (Å²) in [6.07, 6.45) is -1.74. The van der Waals surface area contributed by atoms with Gasteiger partial charge < -0.3 is 14.8 Å². The van der Waals surface area contributed by atoms with E-state index in [9.17, 15) is 14.4 Å². The van der Waals surface area contributed by atoms with E-state index in [4.69, 9.17) is 9.47 Å². The van der Waals surface area contributed by atoms with Crippen LogP contribution < -0.4 is 5.32 Å². The number of amides is 1. The number of rotatable bonds is 7. The van der Waals surface area contributed by atoms with Crippen LogP contribution in [0.15, 0.2) is 30.3 Å². The summed E-state index contributed by atoms with van der Waals surface area (Å²) in [5, 5.41) is 2.68. The van der Waals surface area contributed by atoms with Crippen molar-refractivity contribution < 1.29 is 23.9 Å². The fourth-order valence-corrected chi connectivity index (χ4v) is 2.27. The molecule has 1 aromatic rings. The molecule has 23 heavy (non-hydrogen) atoms. The average Bonchev–Trinajstić information content (AvgIpc) is 3.33. The van der Waals surface area contributed by atoms with Crippen LogP contribution in [0.2, 0.25) is 0 Å². The molecule has 0 aromatic heterocycles. The predicted octanol–water partition coefficient (Wildman–Crippen LogP) is 1.34. The molecule has 3 atom stereocenters. The molecule has 6 heteroatoms. The van der Waals surface area contributed by atoms with Crippen molar-refractivity contribution in [1.82, 2.24) is 5.32 Å². The highest BCUT2D eigenvalue weighted by molar-refractivity contribution is 6.03. The second-order valence-electron chi connectivity index (χ2n) is 5.69. The SMILES string of the molecule is CCOC(=O)[C@H]1O[C@@H]1C(=O)N[C@H](C(=O)c1ccccc1)C(C)C. The predicted molar refractivity (Wildman–Crippen MR) is 82.8 cm³/mol. The van der Waals surface area contributed by atoms with Crippen molar-refractivity contribution in [3.63, 3.8) is 0 Å². The van der Waals surface area contributed by atoms with Gasteiger partial charge in [0.25, 0.3) is 5.91 Å². The minimum absolute atomic E-state index is 0.0913. The first-order valence-electron chi connectivity index (χ1n) is 7.67. The smallest absolute Gasteiger partial charge is 0.338 e. The number of Topliss-reactive ketones (excluding diaryl/α,β-unsaturated/α-hetero) is 1. The maximum Gasteiger partial charge on any atom is 0.338 e. The number of nitrogens with one attached hydrogen (secondary N) is 1. The van der Waals surface area contributed by atoms with Crippen molar-refractivity contribution in [2.24, 2.45) is 5.92 Å². The van der Waals surface area contributed by atoms with Crippen LogP contribution in [-0.2, 0) is 19.1 Å². The summed E-state index contributed by atoms with van der Waals surface area (Å²) in [4.78, 5) is 36.2. The van der Waals surface area contributed by atoms with E-state index < -0.39 is 30.1 Å². The van der Waals surface area contributed by atoms with Gasteiger partial charge in [0.2, 0.25) is 0 Å². The van der Waals surface area contributed by atoms with Crippen molar-refractivity contribution in [3.8, 4) is 0 Å². The van der Waals surface area contributed by atoms with Gasteiger partial charge in [0, 0.05) is 5.56 Å². The minimum atomic E-state index is -0.876. The summed E-state index contributed by atoms with van der Waals surface area (Å²) >= 11 is 0. The van der Waals surface area contributed by atoms with Gasteiger partial charge in [-0.25, -0.2) is 4.79 Å². The van der Waals surface area contributed by atoms with Crippen LogP contribution in [0.3, 0.4) is 0 Å². The topological polar surface area (TPSA) is 85.0 Å². The fraction of sp³-hybridized carbons (Fsp3) is 0.471. The van der Waals surface area contributed by atoms with E-state index in [0.717, 1.165) is 0 Å². The summed E-state index contributed by atoms with van der Waals surface area (Å²) in [5.41, 5.74) is 0.533. The molecule has 0 radical (unpaired) electrons. The molecule has 1 N–H and O–H groups in total. The summed E-state index contributed by atoms with van der Waals surface area (Å²) in [6, 6.07) is 8.11. The number of hydrogen-bond donors (Lipinski definition) is 1. The highest BCUT2D eigenvalue weighted by atomic mass is 16.6. The Hall–Kier alpha value is -2.21. The van der Waals surface area contributed by atoms with Crippen molar-refractivity contribution in [2.45, 2.75) is 39.0 Å². The minimum Gasteiger partial charge on any atom is -0.464 e. The molecule has 2 rings (SSSR count). The molecule has 1 saturated heterocycles. The molecule has 1 fully saturated rings. The molecule has 1 aliphatic heterocycles. The molecule has 1 heterocycles. The van der Waals surface area contributed by atoms with Crippen LogP contribution in [0.5, 0.6) is 0 Å². The number of benzene rings is 1. The lowest BCUT2D eigenvalue weighted by Gasteiger charge is -2.20. The number of ether oxygens (including phenoxy) is 2. The molecule has 1 aliphatic rings. The molecule has 1 amide bonds. The van der Waals surface area contributed by atoms with Crippen molar-refractivity contribution in [1.29, 1.82) is 0 Å². The molecule has 0 spiro atoms. The summed E-state index contributed by atoms with van der Waals surface area (Å²) in [5.74, 6) is -1.28. The van der Waals surface area contributed by atoms with Crippen LogP contribution in [0.1, 0.15) is 31.1 Å². The van der Waals surface area contributed by atoms with Gasteiger partial charge in [0.05, 0.1) is 12.6 Å². The van der Waals surface area contributed by atoms with Crippen molar-refractivity contribution >= 4 is 17.7 Å². The first-order chi connectivity index (χ1) is 11.0. The highest BCUT2D eigenvalue weighted by Gasteiger charge is 2.52. The molecule has 0 saturated carbocycles.